The van der Waals surface area contributed by atoms with E-state index in [4.69, 9.17) is 0 Å². The molecule has 0 aliphatic rings. The molecule has 0 saturated heterocycles. The van der Waals surface area contributed by atoms with Crippen molar-refractivity contribution >= 4 is 8.41 Å². The zero-order chi connectivity index (χ0) is 7.40. The van der Waals surface area contributed by atoms with Crippen LogP contribution in [0.5, 0.6) is 0 Å². The topological polar surface area (TPSA) is 8.81 Å². The summed E-state index contributed by atoms with van der Waals surface area (Å²) in [6.45, 7) is 3.36. The summed E-state index contributed by atoms with van der Waals surface area (Å²) in [5, 5.41) is 0. The Labute approximate surface area is 110 Å². The molecular weight excluding hydrogens is 259 g/mol. The fraction of sp³-hybridized carbons (Fsp3) is 0.625. The van der Waals surface area contributed by atoms with Crippen LogP contribution in [0.4, 0.5) is 18.8 Å². The van der Waals surface area contributed by atoms with Crippen LogP contribution < -0.4 is 4.57 Å². The molecule has 16 heavy (non-hydrogen) atoms. The maximum Gasteiger partial charge on any atom is 0.243 e. The predicted molar refractivity (Wildman–Crippen MR) is 60.5 cm³/mol. The second-order valence-corrected chi connectivity index (χ2v) is 2.67. The molecule has 1 aromatic heterocycles. The molecule has 0 aromatic carbocycles. The maximum atomic E-state index is 2.21. The van der Waals surface area contributed by atoms with Crippen LogP contribution in [0.3, 0.4) is 0 Å². The minimum atomic E-state index is 0. The average Bonchev–Trinajstić information content (AvgIpc) is 2.31. The molecule has 1 aromatic rings. The zero-order valence-electron chi connectivity index (χ0n) is 8.88. The third-order valence-electron chi connectivity index (χ3n) is 1.59. The van der Waals surface area contributed by atoms with Crippen LogP contribution in [0.15, 0.2) is 18.7 Å². The summed E-state index contributed by atoms with van der Waals surface area (Å²) in [6.07, 6.45) is 8.82. The summed E-state index contributed by atoms with van der Waals surface area (Å²) in [4.78, 5) is 0. The number of aryl methyl sites for hydroxylation is 2. The number of nitrogens with zero attached hydrogens (tertiary/aromatic N) is 2. The number of rotatable bonds is 3. The van der Waals surface area contributed by atoms with E-state index in [1.807, 2.05) is 7.05 Å². The molecule has 0 spiro atoms. The molecule has 0 saturated carbocycles. The van der Waals surface area contributed by atoms with Gasteiger partial charge < -0.3 is 0 Å². The van der Waals surface area contributed by atoms with E-state index < -0.39 is 0 Å². The van der Waals surface area contributed by atoms with Crippen molar-refractivity contribution in [2.24, 2.45) is 7.05 Å². The van der Waals surface area contributed by atoms with E-state index >= 15 is 0 Å². The van der Waals surface area contributed by atoms with Crippen molar-refractivity contribution in [1.82, 2.24) is 4.57 Å². The Morgan fingerprint density at radius 3 is 1.94 bits per heavy atom. The third kappa shape index (κ3) is 13.7. The SMILES string of the molecule is B.CCCC[n+]1ccn(C)c1.F.F.F.F.[Ti]. The summed E-state index contributed by atoms with van der Waals surface area (Å²) in [5.74, 6) is 0. The summed E-state index contributed by atoms with van der Waals surface area (Å²) in [7, 11) is 2.04. The van der Waals surface area contributed by atoms with E-state index in [-0.39, 0.29) is 48.9 Å². The third-order valence-corrected chi connectivity index (χ3v) is 1.59. The Kier molecular flexibility index (Phi) is 45.4. The zero-order valence-corrected chi connectivity index (χ0v) is 10.4. The summed E-state index contributed by atoms with van der Waals surface area (Å²) >= 11 is 0. The van der Waals surface area contributed by atoms with Gasteiger partial charge in [0.05, 0.1) is 22.0 Å². The molecule has 0 aliphatic carbocycles. The minimum absolute atomic E-state index is 0. The van der Waals surface area contributed by atoms with E-state index in [2.05, 4.69) is 34.8 Å². The van der Waals surface area contributed by atoms with E-state index in [0.717, 1.165) is 6.54 Å². The van der Waals surface area contributed by atoms with E-state index in [9.17, 15) is 0 Å². The molecule has 0 N–H and O–H groups in total. The minimum Gasteiger partial charge on any atom is -0.269 e. The molecule has 0 radical (unpaired) electrons. The molecule has 1 heterocycles. The molecule has 98 valence electrons. The van der Waals surface area contributed by atoms with Crippen molar-refractivity contribution in [3.8, 4) is 0 Å². The van der Waals surface area contributed by atoms with Gasteiger partial charge in [-0.25, -0.2) is 9.13 Å². The van der Waals surface area contributed by atoms with Gasteiger partial charge in [-0.05, 0) is 6.42 Å². The molecule has 0 bridgehead atoms. The van der Waals surface area contributed by atoms with E-state index in [1.165, 1.54) is 12.8 Å². The fourth-order valence-electron chi connectivity index (χ4n) is 0.975. The van der Waals surface area contributed by atoms with Gasteiger partial charge in [0.25, 0.3) is 0 Å². The quantitative estimate of drug-likeness (QED) is 0.434. The first-order valence-corrected chi connectivity index (χ1v) is 3.84. The largest absolute Gasteiger partial charge is 0.269 e. The standard InChI is InChI=1S/C8H15N2.BH3.4FH.Ti/c1-3-4-5-10-7-6-9(2)8-10;;;;;;/h6-8H,3-5H2,1-2H3;1H3;4*1H;/q+1;;;;;;. The number of imidazole rings is 1. The van der Waals surface area contributed by atoms with Gasteiger partial charge in [-0.2, -0.15) is 0 Å². The van der Waals surface area contributed by atoms with Crippen molar-refractivity contribution in [3.63, 3.8) is 0 Å². The summed E-state index contributed by atoms with van der Waals surface area (Å²) in [5.41, 5.74) is 0. The number of hydrogen-bond donors (Lipinski definition) is 0. The van der Waals surface area contributed by atoms with Crippen molar-refractivity contribution < 1.29 is 45.1 Å². The Balaban J connectivity index is -0.0000000417. The molecule has 2 nitrogen and oxygen atoms in total. The van der Waals surface area contributed by atoms with Crippen molar-refractivity contribution in [2.75, 3.05) is 0 Å². The first-order valence-electron chi connectivity index (χ1n) is 3.84. The number of hydrogen-bond acceptors (Lipinski definition) is 0. The molecule has 0 amide bonds. The Morgan fingerprint density at radius 2 is 1.62 bits per heavy atom. The smallest absolute Gasteiger partial charge is 0.243 e. The van der Waals surface area contributed by atoms with E-state index in [1.54, 1.807) is 0 Å². The van der Waals surface area contributed by atoms with Crippen LogP contribution in [-0.4, -0.2) is 13.0 Å². The molecule has 0 fully saturated rings. The van der Waals surface area contributed by atoms with Gasteiger partial charge in [0, 0.05) is 21.7 Å². The second kappa shape index (κ2) is 20.2. The molecule has 1 rings (SSSR count). The van der Waals surface area contributed by atoms with Crippen LogP contribution in [-0.2, 0) is 35.3 Å². The van der Waals surface area contributed by atoms with Crippen LogP contribution in [0.1, 0.15) is 19.8 Å². The van der Waals surface area contributed by atoms with Crippen molar-refractivity contribution in [2.45, 2.75) is 26.3 Å². The molecule has 0 unspecified atom stereocenters. The monoisotopic (exact) mass is 281 g/mol. The van der Waals surface area contributed by atoms with Gasteiger partial charge in [0.1, 0.15) is 12.4 Å². The normalized spacial score (nSPS) is 6.38. The molecule has 0 atom stereocenters. The van der Waals surface area contributed by atoms with Gasteiger partial charge in [-0.15, -0.1) is 0 Å². The Bertz CT molecular complexity index is 214. The van der Waals surface area contributed by atoms with Gasteiger partial charge in [-0.3, -0.25) is 18.8 Å². The fourth-order valence-corrected chi connectivity index (χ4v) is 0.975. The number of unbranched alkanes of at least 4 members (excludes halogenated alkanes) is 1. The van der Waals surface area contributed by atoms with Crippen LogP contribution >= 0.6 is 0 Å². The molecule has 0 aliphatic heterocycles. The van der Waals surface area contributed by atoms with Gasteiger partial charge in [0.2, 0.25) is 6.33 Å². The van der Waals surface area contributed by atoms with Gasteiger partial charge in [-0.1, -0.05) is 13.3 Å². The predicted octanol–water partition coefficient (Wildman–Crippen LogP) is 0.536. The van der Waals surface area contributed by atoms with Crippen LogP contribution in [0, 0.1) is 0 Å². The number of halogens is 4. The van der Waals surface area contributed by atoms with Crippen molar-refractivity contribution in [3.05, 3.63) is 18.7 Å². The number of aromatic nitrogens is 2. The first kappa shape index (κ1) is 36.1. The Morgan fingerprint density at radius 1 is 1.12 bits per heavy atom. The summed E-state index contributed by atoms with van der Waals surface area (Å²) in [6, 6.07) is 0. The summed E-state index contributed by atoms with van der Waals surface area (Å²) < 4.78 is 4.28. The van der Waals surface area contributed by atoms with Gasteiger partial charge >= 0.3 is 0 Å². The van der Waals surface area contributed by atoms with Gasteiger partial charge in [0.15, 0.2) is 0 Å². The average molecular weight is 281 g/mol. The maximum absolute atomic E-state index is 2.21. The van der Waals surface area contributed by atoms with E-state index in [0.29, 0.717) is 0 Å². The molecular formula is C8H22BF4N2Ti+. The second-order valence-electron chi connectivity index (χ2n) is 2.67. The van der Waals surface area contributed by atoms with Crippen molar-refractivity contribution in [1.29, 1.82) is 0 Å². The molecule has 8 heteroatoms. The van der Waals surface area contributed by atoms with Crippen LogP contribution in [0.25, 0.3) is 0 Å². The van der Waals surface area contributed by atoms with Crippen LogP contribution in [0.2, 0.25) is 0 Å². The first-order chi connectivity index (χ1) is 4.83. The Hall–Kier alpha value is -0.291.